The first-order valence-electron chi connectivity index (χ1n) is 4.55. The molecular weight excluding hydrogens is 212 g/mol. The van der Waals surface area contributed by atoms with E-state index in [1.54, 1.807) is 13.8 Å². The van der Waals surface area contributed by atoms with Gasteiger partial charge in [0.2, 0.25) is 0 Å². The van der Waals surface area contributed by atoms with Crippen molar-refractivity contribution in [2.45, 2.75) is 31.8 Å². The highest BCUT2D eigenvalue weighted by molar-refractivity contribution is 5.88. The van der Waals surface area contributed by atoms with Crippen LogP contribution in [0.4, 0.5) is 0 Å². The molecule has 8 heteroatoms. The maximum atomic E-state index is 8.37. The molecule has 1 atom stereocenters. The van der Waals surface area contributed by atoms with Gasteiger partial charge in [-0.05, 0) is 20.8 Å². The lowest BCUT2D eigenvalue weighted by Gasteiger charge is -2.23. The maximum Gasteiger partial charge on any atom is 0.161 e. The lowest BCUT2D eigenvalue weighted by atomic mass is 10.0. The molecular formula is C8H18N6O2. The van der Waals surface area contributed by atoms with Crippen molar-refractivity contribution >= 4 is 11.7 Å². The topological polar surface area (TPSA) is 154 Å². The number of nitrogens with zero attached hydrogens (tertiary/aromatic N) is 2. The van der Waals surface area contributed by atoms with E-state index in [1.807, 2.05) is 0 Å². The minimum atomic E-state index is -1.26. The monoisotopic (exact) mass is 230 g/mol. The van der Waals surface area contributed by atoms with Gasteiger partial charge >= 0.3 is 0 Å². The average molecular weight is 230 g/mol. The first kappa shape index (κ1) is 14.5. The van der Waals surface area contributed by atoms with Gasteiger partial charge in [0, 0.05) is 0 Å². The Morgan fingerprint density at radius 2 is 1.69 bits per heavy atom. The fraction of sp³-hybridized carbons (Fsp3) is 0.750. The van der Waals surface area contributed by atoms with Gasteiger partial charge in [0.05, 0.1) is 0 Å². The van der Waals surface area contributed by atoms with E-state index in [0.29, 0.717) is 0 Å². The number of azo groups is 1. The van der Waals surface area contributed by atoms with Gasteiger partial charge in [-0.3, -0.25) is 16.1 Å². The van der Waals surface area contributed by atoms with Gasteiger partial charge in [-0.15, -0.1) is 0 Å². The Bertz CT molecular complexity index is 314. The molecule has 0 saturated heterocycles. The molecule has 0 bridgehead atoms. The first-order chi connectivity index (χ1) is 7.15. The van der Waals surface area contributed by atoms with Crippen LogP contribution < -0.4 is 11.5 Å². The van der Waals surface area contributed by atoms with Crippen LogP contribution in [-0.4, -0.2) is 34.6 Å². The van der Waals surface area contributed by atoms with Crippen molar-refractivity contribution in [2.24, 2.45) is 21.7 Å². The Morgan fingerprint density at radius 1 is 1.19 bits per heavy atom. The average Bonchev–Trinajstić information content (AvgIpc) is 2.15. The zero-order chi connectivity index (χ0) is 13.0. The van der Waals surface area contributed by atoms with Crippen LogP contribution >= 0.6 is 0 Å². The Hall–Kier alpha value is -1.54. The quantitative estimate of drug-likeness (QED) is 0.147. The van der Waals surface area contributed by atoms with Crippen LogP contribution in [0.2, 0.25) is 0 Å². The van der Waals surface area contributed by atoms with E-state index in [9.17, 15) is 0 Å². The van der Waals surface area contributed by atoms with Gasteiger partial charge in [0.15, 0.2) is 5.54 Å². The number of nitrogens with two attached hydrogens (primary N) is 2. The van der Waals surface area contributed by atoms with E-state index < -0.39 is 11.1 Å². The molecule has 0 aromatic carbocycles. The molecule has 0 aromatic heterocycles. The van der Waals surface area contributed by atoms with Gasteiger partial charge in [0.1, 0.15) is 23.8 Å². The Labute approximate surface area is 93.6 Å². The molecule has 0 spiro atoms. The molecule has 0 rings (SSSR count). The standard InChI is InChI=1S/C8H18N6O2/c1-7(2,5(9)10)13-14-8(3,4-16-15)6(11)12/h15H,4H2,1-3H3,(H3,9,10)(H3,11,12). The Balaban J connectivity index is 4.97. The van der Waals surface area contributed by atoms with Crippen molar-refractivity contribution in [1.29, 1.82) is 10.8 Å². The molecule has 0 saturated carbocycles. The second-order valence-electron chi connectivity index (χ2n) is 4.13. The van der Waals surface area contributed by atoms with Gasteiger partial charge < -0.3 is 11.5 Å². The molecule has 0 radical (unpaired) electrons. The summed E-state index contributed by atoms with van der Waals surface area (Å²) in [6.07, 6.45) is 0. The van der Waals surface area contributed by atoms with E-state index in [0.717, 1.165) is 0 Å². The fourth-order valence-electron chi connectivity index (χ4n) is 0.575. The van der Waals surface area contributed by atoms with Crippen LogP contribution in [0.5, 0.6) is 0 Å². The largest absolute Gasteiger partial charge is 0.386 e. The van der Waals surface area contributed by atoms with Crippen LogP contribution in [0.25, 0.3) is 0 Å². The van der Waals surface area contributed by atoms with Crippen molar-refractivity contribution in [1.82, 2.24) is 0 Å². The summed E-state index contributed by atoms with van der Waals surface area (Å²) >= 11 is 0. The van der Waals surface area contributed by atoms with Crippen LogP contribution in [-0.2, 0) is 4.89 Å². The summed E-state index contributed by atoms with van der Waals surface area (Å²) < 4.78 is 0. The lowest BCUT2D eigenvalue weighted by molar-refractivity contribution is -0.248. The summed E-state index contributed by atoms with van der Waals surface area (Å²) in [6, 6.07) is 0. The summed E-state index contributed by atoms with van der Waals surface area (Å²) in [5, 5.41) is 30.6. The molecule has 0 fully saturated rings. The second kappa shape index (κ2) is 4.99. The van der Waals surface area contributed by atoms with Gasteiger partial charge in [-0.25, -0.2) is 4.89 Å². The predicted molar refractivity (Wildman–Crippen MR) is 59.7 cm³/mol. The minimum Gasteiger partial charge on any atom is -0.386 e. The molecule has 8 nitrogen and oxygen atoms in total. The van der Waals surface area contributed by atoms with E-state index in [2.05, 4.69) is 15.1 Å². The summed E-state index contributed by atoms with van der Waals surface area (Å²) in [7, 11) is 0. The Kier molecular flexibility index (Phi) is 4.51. The fourth-order valence-corrected chi connectivity index (χ4v) is 0.575. The third-order valence-electron chi connectivity index (χ3n) is 2.11. The number of amidine groups is 2. The summed E-state index contributed by atoms with van der Waals surface area (Å²) in [6.45, 7) is 4.38. The normalized spacial score (nSPS) is 16.0. The van der Waals surface area contributed by atoms with Crippen molar-refractivity contribution in [2.75, 3.05) is 6.61 Å². The van der Waals surface area contributed by atoms with Gasteiger partial charge in [0.25, 0.3) is 0 Å². The van der Waals surface area contributed by atoms with E-state index in [1.165, 1.54) is 6.92 Å². The highest BCUT2D eigenvalue weighted by Crippen LogP contribution is 2.16. The molecule has 1 unspecified atom stereocenters. The highest BCUT2D eigenvalue weighted by atomic mass is 17.1. The molecule has 0 aliphatic rings. The lowest BCUT2D eigenvalue weighted by Crippen LogP contribution is -2.44. The number of rotatable bonds is 6. The molecule has 0 amide bonds. The van der Waals surface area contributed by atoms with E-state index in [4.69, 9.17) is 27.5 Å². The van der Waals surface area contributed by atoms with Crippen molar-refractivity contribution < 1.29 is 10.1 Å². The molecule has 0 aromatic rings. The number of hydrogen-bond acceptors (Lipinski definition) is 6. The van der Waals surface area contributed by atoms with Crippen LogP contribution in [0.3, 0.4) is 0 Å². The summed E-state index contributed by atoms with van der Waals surface area (Å²) in [5.74, 6) is -0.461. The minimum absolute atomic E-state index is 0.160. The highest BCUT2D eigenvalue weighted by Gasteiger charge is 2.31. The zero-order valence-electron chi connectivity index (χ0n) is 9.61. The Morgan fingerprint density at radius 3 is 2.00 bits per heavy atom. The molecule has 0 aliphatic carbocycles. The SMILES string of the molecule is CC(C)(N=NC(C)(COO)C(=N)N)C(=N)N. The van der Waals surface area contributed by atoms with Gasteiger partial charge in [-0.1, -0.05) is 0 Å². The van der Waals surface area contributed by atoms with Crippen molar-refractivity contribution in [3.8, 4) is 0 Å². The van der Waals surface area contributed by atoms with Gasteiger partial charge in [-0.2, -0.15) is 10.2 Å². The molecule has 0 heterocycles. The smallest absolute Gasteiger partial charge is 0.161 e. The molecule has 7 N–H and O–H groups in total. The molecule has 92 valence electrons. The number of hydrogen-bond donors (Lipinski definition) is 5. The van der Waals surface area contributed by atoms with Crippen LogP contribution in [0, 0.1) is 10.8 Å². The summed E-state index contributed by atoms with van der Waals surface area (Å²) in [4.78, 5) is 3.93. The predicted octanol–water partition coefficient (Wildman–Crippen LogP) is 0.337. The summed E-state index contributed by atoms with van der Waals surface area (Å²) in [5.41, 5.74) is 8.39. The van der Waals surface area contributed by atoms with E-state index in [-0.39, 0.29) is 18.3 Å². The molecule has 0 aliphatic heterocycles. The molecule has 16 heavy (non-hydrogen) atoms. The first-order valence-corrected chi connectivity index (χ1v) is 4.55. The van der Waals surface area contributed by atoms with E-state index >= 15 is 0 Å². The number of nitrogens with one attached hydrogen (secondary N) is 2. The second-order valence-corrected chi connectivity index (χ2v) is 4.13. The maximum absolute atomic E-state index is 8.37. The van der Waals surface area contributed by atoms with Crippen molar-refractivity contribution in [3.05, 3.63) is 0 Å². The third-order valence-corrected chi connectivity index (χ3v) is 2.11. The van der Waals surface area contributed by atoms with Crippen molar-refractivity contribution in [3.63, 3.8) is 0 Å². The third kappa shape index (κ3) is 3.55. The van der Waals surface area contributed by atoms with Crippen LogP contribution in [0.1, 0.15) is 20.8 Å². The van der Waals surface area contributed by atoms with Crippen LogP contribution in [0.15, 0.2) is 10.2 Å². The zero-order valence-corrected chi connectivity index (χ0v) is 9.61.